The zero-order valence-corrected chi connectivity index (χ0v) is 15.6. The Kier molecular flexibility index (Phi) is 5.17. The van der Waals surface area contributed by atoms with E-state index in [1.807, 2.05) is 18.3 Å². The number of halogens is 1. The van der Waals surface area contributed by atoms with E-state index >= 15 is 0 Å². The third-order valence-electron chi connectivity index (χ3n) is 5.48. The maximum atomic E-state index is 4.49. The zero-order valence-electron chi connectivity index (χ0n) is 14.0. The van der Waals surface area contributed by atoms with E-state index in [1.165, 1.54) is 44.5 Å². The van der Waals surface area contributed by atoms with Crippen molar-refractivity contribution in [2.75, 3.05) is 26.2 Å². The van der Waals surface area contributed by atoms with Crippen molar-refractivity contribution in [3.63, 3.8) is 0 Å². The summed E-state index contributed by atoms with van der Waals surface area (Å²) in [7, 11) is 0. The predicted molar refractivity (Wildman–Crippen MR) is 100 cm³/mol. The van der Waals surface area contributed by atoms with E-state index in [0.29, 0.717) is 6.04 Å². The van der Waals surface area contributed by atoms with Crippen LogP contribution < -0.4 is 10.6 Å². The average molecular weight is 392 g/mol. The fourth-order valence-electron chi connectivity index (χ4n) is 4.08. The van der Waals surface area contributed by atoms with Gasteiger partial charge in [0, 0.05) is 55.5 Å². The number of nitrogens with zero attached hydrogens (tertiary/aromatic N) is 3. The lowest BCUT2D eigenvalue weighted by atomic mass is 9.90. The molecule has 0 spiro atoms. The molecule has 6 heteroatoms. The van der Waals surface area contributed by atoms with Crippen LogP contribution >= 0.6 is 15.9 Å². The summed E-state index contributed by atoms with van der Waals surface area (Å²) in [6.45, 7) is 5.64. The van der Waals surface area contributed by atoms with Crippen LogP contribution in [0.5, 0.6) is 0 Å². The van der Waals surface area contributed by atoms with Gasteiger partial charge >= 0.3 is 0 Å². The predicted octanol–water partition coefficient (Wildman–Crippen LogP) is 2.40. The van der Waals surface area contributed by atoms with Gasteiger partial charge in [-0.25, -0.2) is 4.98 Å². The molecule has 4 rings (SSSR count). The van der Waals surface area contributed by atoms with Crippen molar-refractivity contribution in [1.82, 2.24) is 24.9 Å². The van der Waals surface area contributed by atoms with Crippen molar-refractivity contribution >= 4 is 21.6 Å². The van der Waals surface area contributed by atoms with E-state index in [-0.39, 0.29) is 0 Å². The van der Waals surface area contributed by atoms with Gasteiger partial charge in [-0.15, -0.1) is 0 Å². The fraction of sp³-hybridized carbons (Fsp3) is 0.611. The molecule has 1 saturated heterocycles. The van der Waals surface area contributed by atoms with Crippen molar-refractivity contribution < 1.29 is 0 Å². The second-order valence-electron chi connectivity index (χ2n) is 7.00. The lowest BCUT2D eigenvalue weighted by Gasteiger charge is -2.39. The van der Waals surface area contributed by atoms with Crippen molar-refractivity contribution in [2.45, 2.75) is 44.3 Å². The minimum Gasteiger partial charge on any atom is -0.314 e. The van der Waals surface area contributed by atoms with E-state index in [1.54, 1.807) is 0 Å². The molecular formula is C18H26BrN5. The van der Waals surface area contributed by atoms with Crippen LogP contribution in [-0.2, 0) is 6.54 Å². The first-order chi connectivity index (χ1) is 11.8. The van der Waals surface area contributed by atoms with Gasteiger partial charge in [0.05, 0.1) is 11.9 Å². The molecule has 3 heterocycles. The maximum absolute atomic E-state index is 4.49. The third-order valence-corrected chi connectivity index (χ3v) is 5.95. The van der Waals surface area contributed by atoms with Crippen LogP contribution in [0.2, 0.25) is 0 Å². The highest BCUT2D eigenvalue weighted by Crippen LogP contribution is 2.24. The minimum absolute atomic E-state index is 0.641. The van der Waals surface area contributed by atoms with Crippen LogP contribution in [0.3, 0.4) is 0 Å². The molecule has 130 valence electrons. The quantitative estimate of drug-likeness (QED) is 0.839. The van der Waals surface area contributed by atoms with Crippen LogP contribution in [0.4, 0.5) is 0 Å². The van der Waals surface area contributed by atoms with E-state index < -0.39 is 0 Å². The summed E-state index contributed by atoms with van der Waals surface area (Å²) in [6.07, 6.45) is 9.32. The largest absolute Gasteiger partial charge is 0.314 e. The molecule has 5 nitrogen and oxygen atoms in total. The lowest BCUT2D eigenvalue weighted by molar-refractivity contribution is 0.128. The Bertz CT molecular complexity index is 671. The molecule has 0 bridgehead atoms. The van der Waals surface area contributed by atoms with E-state index in [4.69, 9.17) is 0 Å². The number of nitrogens with one attached hydrogen (secondary N) is 2. The Balaban J connectivity index is 1.30. The highest BCUT2D eigenvalue weighted by Gasteiger charge is 2.26. The molecule has 0 unspecified atom stereocenters. The molecule has 0 amide bonds. The molecule has 1 aliphatic carbocycles. The van der Waals surface area contributed by atoms with Crippen molar-refractivity contribution in [2.24, 2.45) is 0 Å². The van der Waals surface area contributed by atoms with Gasteiger partial charge in [0.25, 0.3) is 0 Å². The summed E-state index contributed by atoms with van der Waals surface area (Å²) in [6, 6.07) is 5.53. The number of hydrogen-bond donors (Lipinski definition) is 2. The molecule has 0 aromatic carbocycles. The van der Waals surface area contributed by atoms with Gasteiger partial charge in [-0.3, -0.25) is 4.90 Å². The molecule has 2 aromatic heterocycles. The van der Waals surface area contributed by atoms with Crippen LogP contribution in [0, 0.1) is 0 Å². The number of imidazole rings is 1. The molecule has 1 aliphatic heterocycles. The van der Waals surface area contributed by atoms with Crippen molar-refractivity contribution in [3.05, 3.63) is 34.7 Å². The first-order valence-electron chi connectivity index (χ1n) is 9.09. The van der Waals surface area contributed by atoms with Gasteiger partial charge in [0.1, 0.15) is 5.65 Å². The molecular weight excluding hydrogens is 366 g/mol. The molecule has 2 N–H and O–H groups in total. The van der Waals surface area contributed by atoms with Crippen LogP contribution in [0.15, 0.2) is 29.0 Å². The molecule has 24 heavy (non-hydrogen) atoms. The van der Waals surface area contributed by atoms with Gasteiger partial charge in [0.15, 0.2) is 0 Å². The normalized spacial score (nSPS) is 26.0. The molecule has 0 atom stereocenters. The number of hydrogen-bond acceptors (Lipinski definition) is 4. The van der Waals surface area contributed by atoms with E-state index in [2.05, 4.69) is 47.0 Å². The Morgan fingerprint density at radius 3 is 2.75 bits per heavy atom. The molecule has 2 aromatic rings. The Hall–Kier alpha value is -0.950. The van der Waals surface area contributed by atoms with E-state index in [9.17, 15) is 0 Å². The van der Waals surface area contributed by atoms with Crippen molar-refractivity contribution in [1.29, 1.82) is 0 Å². The van der Waals surface area contributed by atoms with Gasteiger partial charge in [0.2, 0.25) is 0 Å². The molecule has 0 radical (unpaired) electrons. The van der Waals surface area contributed by atoms with Gasteiger partial charge in [-0.05, 0) is 53.7 Å². The second-order valence-corrected chi connectivity index (χ2v) is 7.91. The lowest BCUT2D eigenvalue weighted by Crippen LogP contribution is -2.50. The Morgan fingerprint density at radius 2 is 1.96 bits per heavy atom. The number of piperazine rings is 1. The average Bonchev–Trinajstić information content (AvgIpc) is 3.03. The smallest absolute Gasteiger partial charge is 0.136 e. The summed E-state index contributed by atoms with van der Waals surface area (Å²) >= 11 is 3.55. The number of fused-ring (bicyclic) bond motifs is 1. The van der Waals surface area contributed by atoms with Crippen LogP contribution in [-0.4, -0.2) is 52.5 Å². The van der Waals surface area contributed by atoms with Crippen molar-refractivity contribution in [3.8, 4) is 0 Å². The summed E-state index contributed by atoms with van der Waals surface area (Å²) in [5.74, 6) is 0. The summed E-state index contributed by atoms with van der Waals surface area (Å²) < 4.78 is 3.26. The standard InChI is InChI=1S/C18H26BrN5/c19-14-1-6-18-22-12-17(24(18)13-14)11-21-15-2-4-16(5-3-15)23-9-7-20-8-10-23/h1,6,12-13,15-16,20-21H,2-5,7-11H2. The highest BCUT2D eigenvalue weighted by molar-refractivity contribution is 9.10. The number of aromatic nitrogens is 2. The fourth-order valence-corrected chi connectivity index (χ4v) is 4.41. The number of pyridine rings is 1. The minimum atomic E-state index is 0.641. The molecule has 2 aliphatic rings. The maximum Gasteiger partial charge on any atom is 0.136 e. The SMILES string of the molecule is Brc1ccc2ncc(CNC3CCC(N4CCNCC4)CC3)n2c1. The van der Waals surface area contributed by atoms with Crippen LogP contribution in [0.1, 0.15) is 31.4 Å². The monoisotopic (exact) mass is 391 g/mol. The van der Waals surface area contributed by atoms with Gasteiger partial charge < -0.3 is 15.0 Å². The summed E-state index contributed by atoms with van der Waals surface area (Å²) in [4.78, 5) is 7.18. The topological polar surface area (TPSA) is 44.6 Å². The number of rotatable bonds is 4. The molecule has 2 fully saturated rings. The van der Waals surface area contributed by atoms with Gasteiger partial charge in [-0.2, -0.15) is 0 Å². The Morgan fingerprint density at radius 1 is 1.17 bits per heavy atom. The first kappa shape index (κ1) is 16.5. The first-order valence-corrected chi connectivity index (χ1v) is 9.88. The summed E-state index contributed by atoms with van der Waals surface area (Å²) in [5.41, 5.74) is 2.24. The summed E-state index contributed by atoms with van der Waals surface area (Å²) in [5, 5.41) is 7.20. The van der Waals surface area contributed by atoms with E-state index in [0.717, 1.165) is 35.8 Å². The van der Waals surface area contributed by atoms with Crippen LogP contribution in [0.25, 0.3) is 5.65 Å². The van der Waals surface area contributed by atoms with Gasteiger partial charge in [-0.1, -0.05) is 0 Å². The third kappa shape index (κ3) is 3.67. The second kappa shape index (κ2) is 7.52. The molecule has 1 saturated carbocycles. The Labute approximate surface area is 151 Å². The highest BCUT2D eigenvalue weighted by atomic mass is 79.9. The zero-order chi connectivity index (χ0) is 16.4.